The van der Waals surface area contributed by atoms with Gasteiger partial charge in [0.05, 0.1) is 37.3 Å². The Bertz CT molecular complexity index is 2370. The lowest BCUT2D eigenvalue weighted by molar-refractivity contribution is -0.118. The molecule has 55 heavy (non-hydrogen) atoms. The Balaban J connectivity index is 0.000000156. The van der Waals surface area contributed by atoms with Crippen molar-refractivity contribution in [2.45, 2.75) is 57.1 Å². The number of hydrogen-bond donors (Lipinski definition) is 2. The fraction of sp³-hybridized carbons (Fsp3) is 0.325. The zero-order chi connectivity index (χ0) is 38.1. The number of carbonyl (C=O) groups excluding carboxylic acids is 2. The Morgan fingerprint density at radius 3 is 2.00 bits per heavy atom. The van der Waals surface area contributed by atoms with Crippen molar-refractivity contribution in [1.82, 2.24) is 24.9 Å². The highest BCUT2D eigenvalue weighted by Crippen LogP contribution is 2.33. The summed E-state index contributed by atoms with van der Waals surface area (Å²) in [6.45, 7) is 2.15. The highest BCUT2D eigenvalue weighted by atomic mass is 19.1. The SMILES string of the molecule is O=C(Cc1nc(-c2ccncc2)cc(=O)[nH]1)N1CCc2c(F)cccc21.O=C(Cc1nc(N2CCOC3CCCC32)cc(=O)[nH]1)N1CCc2c(F)cccc21. The van der Waals surface area contributed by atoms with Gasteiger partial charge in [0.25, 0.3) is 11.1 Å². The van der Waals surface area contributed by atoms with Gasteiger partial charge in [0, 0.05) is 72.2 Å². The average Bonchev–Trinajstić information content (AvgIpc) is 3.95. The minimum Gasteiger partial charge on any atom is -0.374 e. The second kappa shape index (κ2) is 15.3. The van der Waals surface area contributed by atoms with Crippen LogP contribution in [0.2, 0.25) is 0 Å². The molecule has 0 radical (unpaired) electrons. The van der Waals surface area contributed by atoms with Crippen LogP contribution in [0.4, 0.5) is 26.0 Å². The quantitative estimate of drug-likeness (QED) is 0.263. The molecule has 2 N–H and O–H groups in total. The second-order valence-corrected chi connectivity index (χ2v) is 13.9. The van der Waals surface area contributed by atoms with Crippen molar-refractivity contribution < 1.29 is 23.1 Å². The molecule has 2 aromatic carbocycles. The summed E-state index contributed by atoms with van der Waals surface area (Å²) in [5.74, 6) is 0.195. The molecule has 2 fully saturated rings. The van der Waals surface area contributed by atoms with E-state index in [0.29, 0.717) is 78.9 Å². The van der Waals surface area contributed by atoms with Gasteiger partial charge in [-0.15, -0.1) is 0 Å². The fourth-order valence-electron chi connectivity index (χ4n) is 7.98. The van der Waals surface area contributed by atoms with Crippen LogP contribution in [0.3, 0.4) is 0 Å². The number of carbonyl (C=O) groups is 2. The van der Waals surface area contributed by atoms with Crippen molar-refractivity contribution in [2.24, 2.45) is 0 Å². The molecule has 9 rings (SSSR count). The Kier molecular flexibility index (Phi) is 10.0. The molecule has 13 nitrogen and oxygen atoms in total. The number of hydrogen-bond acceptors (Lipinski definition) is 9. The highest BCUT2D eigenvalue weighted by molar-refractivity contribution is 5.97. The van der Waals surface area contributed by atoms with Crippen LogP contribution >= 0.6 is 0 Å². The summed E-state index contributed by atoms with van der Waals surface area (Å²) in [7, 11) is 0. The number of pyridine rings is 1. The number of nitrogens with zero attached hydrogens (tertiary/aromatic N) is 6. The summed E-state index contributed by atoms with van der Waals surface area (Å²) in [5.41, 5.74) is 2.93. The highest BCUT2D eigenvalue weighted by Gasteiger charge is 2.37. The van der Waals surface area contributed by atoms with Gasteiger partial charge >= 0.3 is 0 Å². The molecule has 1 saturated heterocycles. The first-order valence-corrected chi connectivity index (χ1v) is 18.4. The Morgan fingerprint density at radius 2 is 1.36 bits per heavy atom. The molecule has 0 spiro atoms. The van der Waals surface area contributed by atoms with Crippen LogP contribution in [0.25, 0.3) is 11.3 Å². The van der Waals surface area contributed by atoms with Crippen molar-refractivity contribution in [1.29, 1.82) is 0 Å². The Labute approximate surface area is 314 Å². The lowest BCUT2D eigenvalue weighted by Gasteiger charge is -2.38. The van der Waals surface area contributed by atoms with Gasteiger partial charge in [0.2, 0.25) is 11.8 Å². The zero-order valence-corrected chi connectivity index (χ0v) is 29.8. The topological polar surface area (TPSA) is 157 Å². The number of rotatable bonds is 6. The predicted molar refractivity (Wildman–Crippen MR) is 200 cm³/mol. The first kappa shape index (κ1) is 35.9. The zero-order valence-electron chi connectivity index (χ0n) is 29.8. The van der Waals surface area contributed by atoms with Crippen molar-refractivity contribution in [2.75, 3.05) is 40.9 Å². The van der Waals surface area contributed by atoms with Gasteiger partial charge in [-0.25, -0.2) is 18.7 Å². The largest absolute Gasteiger partial charge is 0.374 e. The molecule has 3 aliphatic heterocycles. The third-order valence-electron chi connectivity index (χ3n) is 10.5. The summed E-state index contributed by atoms with van der Waals surface area (Å²) < 4.78 is 33.6. The average molecular weight is 749 g/mol. The van der Waals surface area contributed by atoms with Crippen LogP contribution < -0.4 is 25.8 Å². The van der Waals surface area contributed by atoms with E-state index in [9.17, 15) is 28.0 Å². The van der Waals surface area contributed by atoms with E-state index >= 15 is 0 Å². The molecule has 6 heterocycles. The van der Waals surface area contributed by atoms with E-state index in [1.807, 2.05) is 0 Å². The van der Waals surface area contributed by atoms with Gasteiger partial charge in [-0.2, -0.15) is 0 Å². The lowest BCUT2D eigenvalue weighted by atomic mass is 10.1. The molecule has 2 amide bonds. The van der Waals surface area contributed by atoms with Crippen LogP contribution in [0, 0.1) is 11.6 Å². The number of H-pyrrole nitrogens is 2. The van der Waals surface area contributed by atoms with E-state index in [0.717, 1.165) is 24.8 Å². The number of benzene rings is 2. The number of aromatic nitrogens is 5. The number of anilines is 3. The molecule has 4 aliphatic rings. The summed E-state index contributed by atoms with van der Waals surface area (Å²) in [4.78, 5) is 73.2. The van der Waals surface area contributed by atoms with Crippen LogP contribution in [-0.4, -0.2) is 75.1 Å². The standard InChI is InChI=1S/C21H23FN4O3.C19H15FN4O2/c22-14-3-1-4-15-13(14)7-8-26(15)21(28)11-18-23-19(12-20(27)24-18)25-9-10-29-17-6-2-5-16(17)25;20-14-2-1-3-16-13(14)6-9-24(16)19(26)11-17-22-15(10-18(25)23-17)12-4-7-21-8-5-12/h1,3-4,12,16-17H,2,5-11H2,(H,23,24,27);1-5,7-8,10H,6,9,11H2,(H,22,23,25). The summed E-state index contributed by atoms with van der Waals surface area (Å²) in [5, 5.41) is 0. The van der Waals surface area contributed by atoms with Gasteiger partial charge < -0.3 is 29.4 Å². The number of nitrogens with one attached hydrogen (secondary N) is 2. The first-order valence-electron chi connectivity index (χ1n) is 18.4. The monoisotopic (exact) mass is 748 g/mol. The minimum atomic E-state index is -0.331. The molecular formula is C40H38F2N8O5. The van der Waals surface area contributed by atoms with E-state index < -0.39 is 0 Å². The summed E-state index contributed by atoms with van der Waals surface area (Å²) >= 11 is 0. The number of aromatic amines is 2. The normalized spacial score (nSPS) is 18.3. The number of morpholine rings is 1. The van der Waals surface area contributed by atoms with Crippen molar-refractivity contribution in [3.05, 3.63) is 128 Å². The van der Waals surface area contributed by atoms with E-state index in [2.05, 4.69) is 29.8 Å². The number of fused-ring (bicyclic) bond motifs is 3. The Hall–Kier alpha value is -6.09. The molecule has 1 aliphatic carbocycles. The van der Waals surface area contributed by atoms with E-state index in [1.54, 1.807) is 53.7 Å². The smallest absolute Gasteiger partial charge is 0.252 e. The fourth-order valence-corrected chi connectivity index (χ4v) is 7.98. The van der Waals surface area contributed by atoms with E-state index in [1.165, 1.54) is 29.2 Å². The van der Waals surface area contributed by atoms with Crippen LogP contribution in [0.15, 0.2) is 82.6 Å². The first-order chi connectivity index (χ1) is 26.7. The molecule has 0 bridgehead atoms. The van der Waals surface area contributed by atoms with Gasteiger partial charge in [0.15, 0.2) is 0 Å². The molecule has 282 valence electrons. The van der Waals surface area contributed by atoms with Crippen molar-refractivity contribution >= 4 is 29.0 Å². The van der Waals surface area contributed by atoms with Gasteiger partial charge in [-0.3, -0.25) is 24.2 Å². The number of ether oxygens (including phenoxy) is 1. The molecule has 2 atom stereocenters. The third kappa shape index (κ3) is 7.52. The van der Waals surface area contributed by atoms with Crippen molar-refractivity contribution in [3.63, 3.8) is 0 Å². The predicted octanol–water partition coefficient (Wildman–Crippen LogP) is 3.90. The lowest BCUT2D eigenvalue weighted by Crippen LogP contribution is -2.49. The van der Waals surface area contributed by atoms with Crippen molar-refractivity contribution in [3.8, 4) is 11.3 Å². The number of amides is 2. The summed E-state index contributed by atoms with van der Waals surface area (Å²) in [6.07, 6.45) is 7.43. The van der Waals surface area contributed by atoms with E-state index in [-0.39, 0.29) is 65.4 Å². The molecular weight excluding hydrogens is 710 g/mol. The minimum absolute atomic E-state index is 0.0303. The van der Waals surface area contributed by atoms with Gasteiger partial charge in [-0.05, 0) is 68.5 Å². The maximum absolute atomic E-state index is 14.0. The molecule has 1 saturated carbocycles. The van der Waals surface area contributed by atoms with Crippen LogP contribution in [-0.2, 0) is 40.0 Å². The van der Waals surface area contributed by atoms with Crippen LogP contribution in [0.5, 0.6) is 0 Å². The Morgan fingerprint density at radius 1 is 0.764 bits per heavy atom. The maximum atomic E-state index is 14.0. The summed E-state index contributed by atoms with van der Waals surface area (Å²) in [6, 6.07) is 16.1. The maximum Gasteiger partial charge on any atom is 0.252 e. The van der Waals surface area contributed by atoms with Crippen LogP contribution in [0.1, 0.15) is 42.0 Å². The molecule has 2 unspecified atom stereocenters. The molecule has 5 aromatic rings. The van der Waals surface area contributed by atoms with Gasteiger partial charge in [-0.1, -0.05) is 12.1 Å². The van der Waals surface area contributed by atoms with E-state index in [4.69, 9.17) is 4.74 Å². The third-order valence-corrected chi connectivity index (χ3v) is 10.5. The number of halogens is 2. The molecule has 15 heteroatoms. The van der Waals surface area contributed by atoms with Gasteiger partial charge in [0.1, 0.15) is 29.1 Å². The molecule has 3 aromatic heterocycles. The second-order valence-electron chi connectivity index (χ2n) is 13.9.